The minimum absolute atomic E-state index is 0.143. The molecule has 13 heavy (non-hydrogen) atoms. The summed E-state index contributed by atoms with van der Waals surface area (Å²) in [6.45, 7) is 1.92. The fourth-order valence-corrected chi connectivity index (χ4v) is 1.80. The molecule has 0 fully saturated rings. The highest BCUT2D eigenvalue weighted by atomic mass is 32.2. The summed E-state index contributed by atoms with van der Waals surface area (Å²) < 4.78 is 1.78. The van der Waals surface area contributed by atoms with Gasteiger partial charge < -0.3 is 5.11 Å². The summed E-state index contributed by atoms with van der Waals surface area (Å²) in [6, 6.07) is 1.97. The van der Waals surface area contributed by atoms with Crippen LogP contribution in [0.1, 0.15) is 11.4 Å². The lowest BCUT2D eigenvalue weighted by molar-refractivity contribution is -0.133. The molecule has 0 unspecified atom stereocenters. The fourth-order valence-electron chi connectivity index (χ4n) is 1.04. The van der Waals surface area contributed by atoms with Gasteiger partial charge in [0, 0.05) is 18.5 Å². The number of aryl methyl sites for hydroxylation is 2. The largest absolute Gasteiger partial charge is 0.481 e. The molecule has 1 aromatic rings. The van der Waals surface area contributed by atoms with E-state index in [0.29, 0.717) is 5.75 Å². The Balaban J connectivity index is 2.45. The van der Waals surface area contributed by atoms with E-state index in [1.807, 2.05) is 20.0 Å². The molecule has 0 amide bonds. The van der Waals surface area contributed by atoms with Gasteiger partial charge in [0.1, 0.15) is 0 Å². The first kappa shape index (κ1) is 10.1. The van der Waals surface area contributed by atoms with E-state index in [9.17, 15) is 4.79 Å². The van der Waals surface area contributed by atoms with E-state index < -0.39 is 5.97 Å². The average Bonchev–Trinajstić information content (AvgIpc) is 2.29. The summed E-state index contributed by atoms with van der Waals surface area (Å²) in [5.74, 6) is 0.0670. The second-order valence-corrected chi connectivity index (χ2v) is 3.77. The first-order valence-corrected chi connectivity index (χ1v) is 5.04. The van der Waals surface area contributed by atoms with Gasteiger partial charge in [-0.15, -0.1) is 11.8 Å². The Labute approximate surface area is 80.9 Å². The number of aromatic nitrogens is 2. The maximum absolute atomic E-state index is 10.2. The van der Waals surface area contributed by atoms with E-state index in [1.165, 1.54) is 11.8 Å². The highest BCUT2D eigenvalue weighted by molar-refractivity contribution is 7.99. The van der Waals surface area contributed by atoms with Crippen molar-refractivity contribution in [1.29, 1.82) is 0 Å². The molecule has 1 rings (SSSR count). The van der Waals surface area contributed by atoms with Crippen LogP contribution in [0.15, 0.2) is 6.07 Å². The molecule has 72 valence electrons. The third kappa shape index (κ3) is 3.10. The number of nitrogens with zero attached hydrogens (tertiary/aromatic N) is 2. The van der Waals surface area contributed by atoms with Gasteiger partial charge >= 0.3 is 5.97 Å². The molecule has 0 aliphatic heterocycles. The van der Waals surface area contributed by atoms with Crippen molar-refractivity contribution in [2.45, 2.75) is 12.7 Å². The third-order valence-electron chi connectivity index (χ3n) is 1.57. The molecule has 0 spiro atoms. The zero-order valence-electron chi connectivity index (χ0n) is 7.65. The van der Waals surface area contributed by atoms with Gasteiger partial charge in [0.15, 0.2) is 0 Å². The van der Waals surface area contributed by atoms with Gasteiger partial charge in [-0.1, -0.05) is 0 Å². The maximum Gasteiger partial charge on any atom is 0.313 e. The Hall–Kier alpha value is -0.970. The van der Waals surface area contributed by atoms with E-state index in [4.69, 9.17) is 5.11 Å². The lowest BCUT2D eigenvalue weighted by atomic mass is 10.4. The van der Waals surface area contributed by atoms with Crippen molar-refractivity contribution < 1.29 is 9.90 Å². The van der Waals surface area contributed by atoms with Crippen LogP contribution in [-0.2, 0) is 17.6 Å². The number of thioether (sulfide) groups is 1. The molecule has 4 nitrogen and oxygen atoms in total. The van der Waals surface area contributed by atoms with Crippen molar-refractivity contribution >= 4 is 17.7 Å². The van der Waals surface area contributed by atoms with Crippen LogP contribution in [0.2, 0.25) is 0 Å². The second-order valence-electron chi connectivity index (χ2n) is 2.79. The summed E-state index contributed by atoms with van der Waals surface area (Å²) in [5, 5.41) is 12.6. The normalized spacial score (nSPS) is 10.3. The molecule has 0 aliphatic rings. The molecule has 0 radical (unpaired) electrons. The topological polar surface area (TPSA) is 55.1 Å². The maximum atomic E-state index is 10.2. The number of carbonyl (C=O) groups is 1. The van der Waals surface area contributed by atoms with E-state index in [2.05, 4.69) is 5.10 Å². The van der Waals surface area contributed by atoms with Gasteiger partial charge in [0.2, 0.25) is 0 Å². The van der Waals surface area contributed by atoms with Gasteiger partial charge in [-0.05, 0) is 13.0 Å². The molecule has 0 aliphatic carbocycles. The minimum atomic E-state index is -0.774. The first-order valence-electron chi connectivity index (χ1n) is 3.88. The van der Waals surface area contributed by atoms with Crippen LogP contribution in [0, 0.1) is 6.92 Å². The molecular formula is C8H12N2O2S. The van der Waals surface area contributed by atoms with Crippen LogP contribution in [0.3, 0.4) is 0 Å². The average molecular weight is 200 g/mol. The van der Waals surface area contributed by atoms with Crippen molar-refractivity contribution in [3.8, 4) is 0 Å². The number of hydrogen-bond acceptors (Lipinski definition) is 3. The number of hydrogen-bond donors (Lipinski definition) is 1. The molecule has 0 bridgehead atoms. The van der Waals surface area contributed by atoms with Crippen molar-refractivity contribution in [2.24, 2.45) is 7.05 Å². The third-order valence-corrected chi connectivity index (χ3v) is 2.53. The highest BCUT2D eigenvalue weighted by Gasteiger charge is 2.03. The van der Waals surface area contributed by atoms with Crippen molar-refractivity contribution in [3.63, 3.8) is 0 Å². The molecule has 0 atom stereocenters. The molecule has 0 saturated carbocycles. The number of aliphatic carboxylic acids is 1. The smallest absolute Gasteiger partial charge is 0.313 e. The highest BCUT2D eigenvalue weighted by Crippen LogP contribution is 2.12. The van der Waals surface area contributed by atoms with Gasteiger partial charge in [-0.25, -0.2) is 0 Å². The molecule has 0 saturated heterocycles. The summed E-state index contributed by atoms with van der Waals surface area (Å²) >= 11 is 1.38. The Morgan fingerprint density at radius 3 is 2.92 bits per heavy atom. The van der Waals surface area contributed by atoms with Gasteiger partial charge in [-0.2, -0.15) is 5.10 Å². The predicted octanol–water partition coefficient (Wildman–Crippen LogP) is 1.05. The van der Waals surface area contributed by atoms with Crippen LogP contribution >= 0.6 is 11.8 Å². The van der Waals surface area contributed by atoms with Crippen molar-refractivity contribution in [3.05, 3.63) is 17.5 Å². The van der Waals surface area contributed by atoms with Crippen LogP contribution in [0.4, 0.5) is 0 Å². The minimum Gasteiger partial charge on any atom is -0.481 e. The van der Waals surface area contributed by atoms with Crippen LogP contribution in [0.25, 0.3) is 0 Å². The Morgan fingerprint density at radius 2 is 2.46 bits per heavy atom. The van der Waals surface area contributed by atoms with Crippen LogP contribution in [-0.4, -0.2) is 26.6 Å². The summed E-state index contributed by atoms with van der Waals surface area (Å²) in [6.07, 6.45) is 0. The van der Waals surface area contributed by atoms with Crippen molar-refractivity contribution in [1.82, 2.24) is 9.78 Å². The Morgan fingerprint density at radius 1 is 1.77 bits per heavy atom. The second kappa shape index (κ2) is 4.32. The number of carboxylic acids is 1. The SMILES string of the molecule is Cc1cc(CSCC(=O)O)n(C)n1. The van der Waals surface area contributed by atoms with Gasteiger partial charge in [0.05, 0.1) is 11.4 Å². The van der Waals surface area contributed by atoms with E-state index in [1.54, 1.807) is 4.68 Å². The first-order chi connectivity index (χ1) is 6.09. The van der Waals surface area contributed by atoms with Gasteiger partial charge in [-0.3, -0.25) is 9.48 Å². The van der Waals surface area contributed by atoms with Gasteiger partial charge in [0.25, 0.3) is 0 Å². The molecule has 5 heteroatoms. The van der Waals surface area contributed by atoms with Crippen molar-refractivity contribution in [2.75, 3.05) is 5.75 Å². The van der Waals surface area contributed by atoms with E-state index in [0.717, 1.165) is 11.4 Å². The van der Waals surface area contributed by atoms with E-state index >= 15 is 0 Å². The molecule has 1 heterocycles. The molecule has 0 aromatic carbocycles. The quantitative estimate of drug-likeness (QED) is 0.789. The standard InChI is InChI=1S/C8H12N2O2S/c1-6-3-7(10(2)9-6)4-13-5-8(11)12/h3H,4-5H2,1-2H3,(H,11,12). The van der Waals surface area contributed by atoms with Crippen LogP contribution in [0.5, 0.6) is 0 Å². The zero-order chi connectivity index (χ0) is 9.84. The Kier molecular flexibility index (Phi) is 3.36. The lowest BCUT2D eigenvalue weighted by Gasteiger charge is -1.98. The van der Waals surface area contributed by atoms with E-state index in [-0.39, 0.29) is 5.75 Å². The van der Waals surface area contributed by atoms with Crippen LogP contribution < -0.4 is 0 Å². The molecule has 1 aromatic heterocycles. The fraction of sp³-hybridized carbons (Fsp3) is 0.500. The monoisotopic (exact) mass is 200 g/mol. The Bertz CT molecular complexity index is 309. The summed E-state index contributed by atoms with van der Waals surface area (Å²) in [7, 11) is 1.86. The summed E-state index contributed by atoms with van der Waals surface area (Å²) in [4.78, 5) is 10.2. The summed E-state index contributed by atoms with van der Waals surface area (Å²) in [5.41, 5.74) is 2.03. The number of rotatable bonds is 4. The number of carboxylic acid groups (broad SMARTS) is 1. The predicted molar refractivity (Wildman–Crippen MR) is 51.7 cm³/mol. The zero-order valence-corrected chi connectivity index (χ0v) is 8.47. The molecule has 1 N–H and O–H groups in total. The molecular weight excluding hydrogens is 188 g/mol. The lowest BCUT2D eigenvalue weighted by Crippen LogP contribution is -2.01.